The van der Waals surface area contributed by atoms with Crippen molar-refractivity contribution in [3.8, 4) is 0 Å². The number of aliphatic hydroxyl groups is 1. The standard InChI is InChI=1S/C15H22O2/c1-12(16)6-5-11-17-15-10-4-8-13-7-2-3-9-14(13)15/h2-3,7,9,12,15-16H,4-6,8,10-11H2,1H3. The first-order chi connectivity index (χ1) is 8.27. The topological polar surface area (TPSA) is 29.5 Å². The van der Waals surface area contributed by atoms with E-state index in [0.29, 0.717) is 0 Å². The summed E-state index contributed by atoms with van der Waals surface area (Å²) >= 11 is 0. The van der Waals surface area contributed by atoms with Gasteiger partial charge in [0, 0.05) is 6.61 Å². The first-order valence-corrected chi connectivity index (χ1v) is 6.65. The van der Waals surface area contributed by atoms with Gasteiger partial charge in [0.1, 0.15) is 0 Å². The molecule has 1 aliphatic rings. The summed E-state index contributed by atoms with van der Waals surface area (Å²) in [5.74, 6) is 0. The molecule has 0 heterocycles. The molecular formula is C15H22O2. The molecule has 94 valence electrons. The summed E-state index contributed by atoms with van der Waals surface area (Å²) in [6.07, 6.45) is 5.37. The summed E-state index contributed by atoms with van der Waals surface area (Å²) in [6.45, 7) is 2.58. The van der Waals surface area contributed by atoms with Gasteiger partial charge in [0.25, 0.3) is 0 Å². The lowest BCUT2D eigenvalue weighted by molar-refractivity contribution is 0.0330. The molecule has 2 heteroatoms. The number of hydrogen-bond acceptors (Lipinski definition) is 2. The Kier molecular flexibility index (Phi) is 4.57. The van der Waals surface area contributed by atoms with Crippen molar-refractivity contribution in [1.29, 1.82) is 0 Å². The van der Waals surface area contributed by atoms with Gasteiger partial charge in [-0.15, -0.1) is 0 Å². The first kappa shape index (κ1) is 12.6. The van der Waals surface area contributed by atoms with E-state index in [1.54, 1.807) is 0 Å². The van der Waals surface area contributed by atoms with Gasteiger partial charge in [0.15, 0.2) is 0 Å². The van der Waals surface area contributed by atoms with Crippen molar-refractivity contribution < 1.29 is 9.84 Å². The predicted molar refractivity (Wildman–Crippen MR) is 69.0 cm³/mol. The molecule has 0 saturated heterocycles. The van der Waals surface area contributed by atoms with E-state index in [4.69, 9.17) is 4.74 Å². The Morgan fingerprint density at radius 3 is 3.06 bits per heavy atom. The maximum Gasteiger partial charge on any atom is 0.0827 e. The minimum absolute atomic E-state index is 0.211. The van der Waals surface area contributed by atoms with Crippen LogP contribution in [-0.4, -0.2) is 17.8 Å². The highest BCUT2D eigenvalue weighted by Gasteiger charge is 2.19. The highest BCUT2D eigenvalue weighted by molar-refractivity contribution is 5.31. The molecule has 0 aliphatic heterocycles. The average Bonchev–Trinajstić information content (AvgIpc) is 2.34. The first-order valence-electron chi connectivity index (χ1n) is 6.65. The predicted octanol–water partition coefficient (Wildman–Crippen LogP) is 3.24. The molecule has 2 nitrogen and oxygen atoms in total. The average molecular weight is 234 g/mol. The van der Waals surface area contributed by atoms with Crippen molar-refractivity contribution in [2.75, 3.05) is 6.61 Å². The van der Waals surface area contributed by atoms with E-state index in [9.17, 15) is 5.11 Å². The Labute approximate surface area is 104 Å². The van der Waals surface area contributed by atoms with Gasteiger partial charge < -0.3 is 9.84 Å². The number of benzene rings is 1. The molecule has 0 spiro atoms. The summed E-state index contributed by atoms with van der Waals surface area (Å²) in [4.78, 5) is 0. The molecule has 17 heavy (non-hydrogen) atoms. The van der Waals surface area contributed by atoms with Crippen LogP contribution in [-0.2, 0) is 11.2 Å². The van der Waals surface area contributed by atoms with Gasteiger partial charge >= 0.3 is 0 Å². The molecule has 2 rings (SSSR count). The largest absolute Gasteiger partial charge is 0.393 e. The van der Waals surface area contributed by atoms with E-state index in [2.05, 4.69) is 24.3 Å². The third kappa shape index (κ3) is 3.55. The lowest BCUT2D eigenvalue weighted by Gasteiger charge is -2.25. The molecule has 0 saturated carbocycles. The monoisotopic (exact) mass is 234 g/mol. The van der Waals surface area contributed by atoms with Crippen LogP contribution in [0.15, 0.2) is 24.3 Å². The van der Waals surface area contributed by atoms with Crippen molar-refractivity contribution in [2.45, 2.75) is 51.2 Å². The minimum Gasteiger partial charge on any atom is -0.393 e. The van der Waals surface area contributed by atoms with Crippen LogP contribution in [0, 0.1) is 0 Å². The molecule has 0 amide bonds. The molecule has 0 aromatic heterocycles. The summed E-state index contributed by atoms with van der Waals surface area (Å²) in [5, 5.41) is 9.19. The highest BCUT2D eigenvalue weighted by atomic mass is 16.5. The van der Waals surface area contributed by atoms with Crippen molar-refractivity contribution in [3.63, 3.8) is 0 Å². The van der Waals surface area contributed by atoms with Crippen molar-refractivity contribution in [2.24, 2.45) is 0 Å². The fraction of sp³-hybridized carbons (Fsp3) is 0.600. The smallest absolute Gasteiger partial charge is 0.0827 e. The van der Waals surface area contributed by atoms with E-state index >= 15 is 0 Å². The Morgan fingerprint density at radius 1 is 1.41 bits per heavy atom. The van der Waals surface area contributed by atoms with Crippen molar-refractivity contribution >= 4 is 0 Å². The van der Waals surface area contributed by atoms with Crippen LogP contribution < -0.4 is 0 Å². The van der Waals surface area contributed by atoms with E-state index in [-0.39, 0.29) is 12.2 Å². The Hall–Kier alpha value is -0.860. The van der Waals surface area contributed by atoms with E-state index < -0.39 is 0 Å². The van der Waals surface area contributed by atoms with Crippen LogP contribution in [0.4, 0.5) is 0 Å². The maximum absolute atomic E-state index is 9.19. The second-order valence-electron chi connectivity index (χ2n) is 4.94. The Morgan fingerprint density at radius 2 is 2.24 bits per heavy atom. The number of hydrogen-bond donors (Lipinski definition) is 1. The Balaban J connectivity index is 1.86. The third-order valence-electron chi connectivity index (χ3n) is 3.40. The SMILES string of the molecule is CC(O)CCCOC1CCCc2ccccc21. The molecule has 0 bridgehead atoms. The van der Waals surface area contributed by atoms with Gasteiger partial charge in [-0.2, -0.15) is 0 Å². The summed E-state index contributed by atoms with van der Waals surface area (Å²) < 4.78 is 5.95. The zero-order valence-corrected chi connectivity index (χ0v) is 10.6. The molecular weight excluding hydrogens is 212 g/mol. The highest BCUT2D eigenvalue weighted by Crippen LogP contribution is 2.32. The molecule has 2 atom stereocenters. The number of aliphatic hydroxyl groups excluding tert-OH is 1. The normalized spacial score (nSPS) is 20.9. The minimum atomic E-state index is -0.211. The van der Waals surface area contributed by atoms with Crippen molar-refractivity contribution in [1.82, 2.24) is 0 Å². The molecule has 0 fully saturated rings. The summed E-state index contributed by atoms with van der Waals surface area (Å²) in [7, 11) is 0. The van der Waals surface area contributed by atoms with Crippen LogP contribution in [0.25, 0.3) is 0 Å². The lowest BCUT2D eigenvalue weighted by atomic mass is 9.89. The van der Waals surface area contributed by atoms with Crippen LogP contribution in [0.3, 0.4) is 0 Å². The Bertz CT molecular complexity index is 347. The number of rotatable bonds is 5. The molecule has 1 aromatic carbocycles. The third-order valence-corrected chi connectivity index (χ3v) is 3.40. The second-order valence-corrected chi connectivity index (χ2v) is 4.94. The fourth-order valence-electron chi connectivity index (χ4n) is 2.49. The van der Waals surface area contributed by atoms with E-state index in [1.807, 2.05) is 6.92 Å². The van der Waals surface area contributed by atoms with Crippen LogP contribution >= 0.6 is 0 Å². The van der Waals surface area contributed by atoms with Gasteiger partial charge in [-0.25, -0.2) is 0 Å². The fourth-order valence-corrected chi connectivity index (χ4v) is 2.49. The van der Waals surface area contributed by atoms with Gasteiger partial charge in [-0.1, -0.05) is 24.3 Å². The molecule has 1 aliphatic carbocycles. The van der Waals surface area contributed by atoms with Gasteiger partial charge in [-0.05, 0) is 50.2 Å². The zero-order chi connectivity index (χ0) is 12.1. The van der Waals surface area contributed by atoms with Crippen LogP contribution in [0.2, 0.25) is 0 Å². The van der Waals surface area contributed by atoms with Gasteiger partial charge in [0.05, 0.1) is 12.2 Å². The second kappa shape index (κ2) is 6.18. The quantitative estimate of drug-likeness (QED) is 0.792. The van der Waals surface area contributed by atoms with Crippen molar-refractivity contribution in [3.05, 3.63) is 35.4 Å². The van der Waals surface area contributed by atoms with Crippen LogP contribution in [0.1, 0.15) is 49.8 Å². The number of aryl methyl sites for hydroxylation is 1. The molecule has 0 radical (unpaired) electrons. The summed E-state index contributed by atoms with van der Waals surface area (Å²) in [5.41, 5.74) is 2.81. The molecule has 1 N–H and O–H groups in total. The molecule has 1 aromatic rings. The molecule has 2 unspecified atom stereocenters. The van der Waals surface area contributed by atoms with Gasteiger partial charge in [0.2, 0.25) is 0 Å². The lowest BCUT2D eigenvalue weighted by Crippen LogP contribution is -2.14. The summed E-state index contributed by atoms with van der Waals surface area (Å²) in [6, 6.07) is 8.60. The van der Waals surface area contributed by atoms with Crippen LogP contribution in [0.5, 0.6) is 0 Å². The van der Waals surface area contributed by atoms with E-state index in [1.165, 1.54) is 24.0 Å². The maximum atomic E-state index is 9.19. The van der Waals surface area contributed by atoms with E-state index in [0.717, 1.165) is 25.9 Å². The number of fused-ring (bicyclic) bond motifs is 1. The zero-order valence-electron chi connectivity index (χ0n) is 10.6. The number of ether oxygens (including phenoxy) is 1. The van der Waals surface area contributed by atoms with Gasteiger partial charge in [-0.3, -0.25) is 0 Å².